The highest BCUT2D eigenvalue weighted by atomic mass is 35.5. The number of amides is 1. The van der Waals surface area contributed by atoms with Crippen molar-refractivity contribution in [3.8, 4) is 0 Å². The molecule has 0 fully saturated rings. The lowest BCUT2D eigenvalue weighted by Crippen LogP contribution is -2.17. The zero-order valence-electron chi connectivity index (χ0n) is 6.38. The van der Waals surface area contributed by atoms with Gasteiger partial charge in [0.15, 0.2) is 17.5 Å². The van der Waals surface area contributed by atoms with Crippen LogP contribution in [0, 0.1) is 17.5 Å². The molecule has 1 aromatic rings. The van der Waals surface area contributed by atoms with E-state index in [0.717, 1.165) is 0 Å². The van der Waals surface area contributed by atoms with Gasteiger partial charge in [0, 0.05) is 0 Å². The molecule has 2 nitrogen and oxygen atoms in total. The third kappa shape index (κ3) is 1.53. The molecule has 0 atom stereocenters. The zero-order chi connectivity index (χ0) is 11.0. The minimum absolute atomic E-state index is 1.06. The molecule has 0 saturated carbocycles. The molecule has 14 heavy (non-hydrogen) atoms. The maximum atomic E-state index is 13.0. The highest BCUT2D eigenvalue weighted by Crippen LogP contribution is 2.31. The summed E-state index contributed by atoms with van der Waals surface area (Å²) in [6, 6.07) is 0. The summed E-state index contributed by atoms with van der Waals surface area (Å²) in [7, 11) is 0. The van der Waals surface area contributed by atoms with Crippen LogP contribution in [0.15, 0.2) is 0 Å². The number of halogens is 5. The van der Waals surface area contributed by atoms with Crippen molar-refractivity contribution in [3.05, 3.63) is 33.1 Å². The van der Waals surface area contributed by atoms with E-state index in [-0.39, 0.29) is 0 Å². The van der Waals surface area contributed by atoms with Crippen LogP contribution in [-0.4, -0.2) is 5.91 Å². The summed E-state index contributed by atoms with van der Waals surface area (Å²) in [5, 5.41) is -2.13. The summed E-state index contributed by atoms with van der Waals surface area (Å²) in [6.45, 7) is 0. The standard InChI is InChI=1S/C7H2Cl2F3NO/c8-2-4(10)1(7(13)14)5(11)3(9)6(2)12/h(H2,13,14). The summed E-state index contributed by atoms with van der Waals surface area (Å²) in [5.74, 6) is -5.99. The fraction of sp³-hybridized carbons (Fsp3) is 0. The normalized spacial score (nSPS) is 10.4. The Balaban J connectivity index is 3.68. The summed E-state index contributed by atoms with van der Waals surface area (Å²) in [5.41, 5.74) is 3.49. The molecule has 0 spiro atoms. The predicted molar refractivity (Wildman–Crippen MR) is 44.9 cm³/mol. The van der Waals surface area contributed by atoms with Crippen molar-refractivity contribution in [3.63, 3.8) is 0 Å². The maximum Gasteiger partial charge on any atom is 0.254 e. The third-order valence-electron chi connectivity index (χ3n) is 1.46. The fourth-order valence-corrected chi connectivity index (χ4v) is 1.25. The monoisotopic (exact) mass is 243 g/mol. The molecular weight excluding hydrogens is 242 g/mol. The van der Waals surface area contributed by atoms with E-state index in [1.165, 1.54) is 0 Å². The molecule has 0 radical (unpaired) electrons. The van der Waals surface area contributed by atoms with Gasteiger partial charge in [0.05, 0.1) is 0 Å². The van der Waals surface area contributed by atoms with Crippen LogP contribution in [0.2, 0.25) is 10.0 Å². The molecule has 1 amide bonds. The van der Waals surface area contributed by atoms with Crippen molar-refractivity contribution in [1.82, 2.24) is 0 Å². The molecule has 2 N–H and O–H groups in total. The lowest BCUT2D eigenvalue weighted by atomic mass is 10.2. The van der Waals surface area contributed by atoms with Crippen LogP contribution in [0.5, 0.6) is 0 Å². The van der Waals surface area contributed by atoms with Crippen molar-refractivity contribution in [2.75, 3.05) is 0 Å². The Kier molecular flexibility index (Phi) is 2.92. The van der Waals surface area contributed by atoms with Crippen LogP contribution in [-0.2, 0) is 0 Å². The van der Waals surface area contributed by atoms with Gasteiger partial charge in [-0.25, -0.2) is 13.2 Å². The molecule has 1 aromatic carbocycles. The van der Waals surface area contributed by atoms with E-state index in [9.17, 15) is 18.0 Å². The van der Waals surface area contributed by atoms with Crippen molar-refractivity contribution in [2.24, 2.45) is 5.73 Å². The molecule has 76 valence electrons. The number of nitrogens with two attached hydrogens (primary N) is 1. The quantitative estimate of drug-likeness (QED) is 0.598. The minimum Gasteiger partial charge on any atom is -0.365 e. The van der Waals surface area contributed by atoms with E-state index < -0.39 is 39.0 Å². The Labute approximate surface area is 86.4 Å². The number of rotatable bonds is 1. The van der Waals surface area contributed by atoms with Crippen molar-refractivity contribution in [1.29, 1.82) is 0 Å². The average molecular weight is 244 g/mol. The van der Waals surface area contributed by atoms with Crippen LogP contribution in [0.4, 0.5) is 13.2 Å². The molecule has 0 aliphatic carbocycles. The lowest BCUT2D eigenvalue weighted by Gasteiger charge is -2.05. The third-order valence-corrected chi connectivity index (χ3v) is 2.12. The fourth-order valence-electron chi connectivity index (χ4n) is 0.821. The first-order chi connectivity index (χ1) is 6.37. The van der Waals surface area contributed by atoms with Gasteiger partial charge in [-0.05, 0) is 0 Å². The van der Waals surface area contributed by atoms with Gasteiger partial charge in [-0.1, -0.05) is 23.2 Å². The van der Waals surface area contributed by atoms with Crippen LogP contribution in [0.3, 0.4) is 0 Å². The highest BCUT2D eigenvalue weighted by Gasteiger charge is 2.25. The Morgan fingerprint density at radius 1 is 1.00 bits per heavy atom. The van der Waals surface area contributed by atoms with Gasteiger partial charge in [0.2, 0.25) is 0 Å². The number of primary amides is 1. The van der Waals surface area contributed by atoms with Crippen molar-refractivity contribution in [2.45, 2.75) is 0 Å². The predicted octanol–water partition coefficient (Wildman–Crippen LogP) is 2.51. The van der Waals surface area contributed by atoms with E-state index in [2.05, 4.69) is 5.73 Å². The van der Waals surface area contributed by atoms with Gasteiger partial charge in [0.1, 0.15) is 15.6 Å². The zero-order valence-corrected chi connectivity index (χ0v) is 7.89. The van der Waals surface area contributed by atoms with Crippen molar-refractivity contribution >= 4 is 29.1 Å². The number of carbonyl (C=O) groups is 1. The first-order valence-corrected chi connectivity index (χ1v) is 3.94. The van der Waals surface area contributed by atoms with Crippen molar-refractivity contribution < 1.29 is 18.0 Å². The molecule has 0 aromatic heterocycles. The Hall–Kier alpha value is -0.940. The van der Waals surface area contributed by atoms with Gasteiger partial charge >= 0.3 is 0 Å². The second kappa shape index (κ2) is 3.67. The lowest BCUT2D eigenvalue weighted by molar-refractivity contribution is 0.0992. The smallest absolute Gasteiger partial charge is 0.254 e. The van der Waals surface area contributed by atoms with Crippen LogP contribution in [0.1, 0.15) is 10.4 Å². The van der Waals surface area contributed by atoms with Gasteiger partial charge in [-0.15, -0.1) is 0 Å². The van der Waals surface area contributed by atoms with Gasteiger partial charge in [-0.3, -0.25) is 4.79 Å². The van der Waals surface area contributed by atoms with Crippen LogP contribution >= 0.6 is 23.2 Å². The average Bonchev–Trinajstić information content (AvgIpc) is 2.11. The largest absolute Gasteiger partial charge is 0.365 e. The second-order valence-electron chi connectivity index (χ2n) is 2.31. The molecule has 0 unspecified atom stereocenters. The molecule has 0 bridgehead atoms. The molecule has 1 rings (SSSR count). The first kappa shape index (κ1) is 11.1. The van der Waals surface area contributed by atoms with E-state index >= 15 is 0 Å². The molecule has 0 heterocycles. The van der Waals surface area contributed by atoms with Crippen LogP contribution in [0.25, 0.3) is 0 Å². The number of carbonyl (C=O) groups excluding carboxylic acids is 1. The topological polar surface area (TPSA) is 43.1 Å². The molecule has 7 heteroatoms. The Morgan fingerprint density at radius 2 is 1.36 bits per heavy atom. The van der Waals surface area contributed by atoms with Gasteiger partial charge in [-0.2, -0.15) is 0 Å². The van der Waals surface area contributed by atoms with Crippen LogP contribution < -0.4 is 5.73 Å². The van der Waals surface area contributed by atoms with E-state index in [1.807, 2.05) is 0 Å². The molecule has 0 saturated heterocycles. The van der Waals surface area contributed by atoms with E-state index in [1.54, 1.807) is 0 Å². The summed E-state index contributed by atoms with van der Waals surface area (Å²) in [6.07, 6.45) is 0. The second-order valence-corrected chi connectivity index (χ2v) is 3.07. The molecule has 0 aliphatic heterocycles. The minimum atomic E-state index is -1.56. The number of benzene rings is 1. The number of hydrogen-bond donors (Lipinski definition) is 1. The summed E-state index contributed by atoms with van der Waals surface area (Å²) in [4.78, 5) is 10.6. The molecular formula is C7H2Cl2F3NO. The van der Waals surface area contributed by atoms with E-state index in [4.69, 9.17) is 23.2 Å². The highest BCUT2D eigenvalue weighted by molar-refractivity contribution is 6.35. The maximum absolute atomic E-state index is 13.0. The Bertz CT molecular complexity index is 393. The Morgan fingerprint density at radius 3 is 1.64 bits per heavy atom. The van der Waals surface area contributed by atoms with Gasteiger partial charge < -0.3 is 5.73 Å². The summed E-state index contributed by atoms with van der Waals surface area (Å²) >= 11 is 10.2. The SMILES string of the molecule is NC(=O)c1c(F)c(Cl)c(F)c(Cl)c1F. The molecule has 0 aliphatic rings. The van der Waals surface area contributed by atoms with E-state index in [0.29, 0.717) is 0 Å². The first-order valence-electron chi connectivity index (χ1n) is 3.19. The number of hydrogen-bond acceptors (Lipinski definition) is 1. The van der Waals surface area contributed by atoms with Gasteiger partial charge in [0.25, 0.3) is 5.91 Å². The summed E-state index contributed by atoms with van der Waals surface area (Å²) < 4.78 is 38.8.